The Morgan fingerprint density at radius 2 is 1.81 bits per heavy atom. The molecule has 3 aliphatic rings. The standard InChI is InChI=1S/C29H41N3O4/c1-3-10-20-15-16-23-25(24(20)27(34)30-2)29(36)32(22(18-33)17-19-11-6-4-7-12-19)26(23)28(35)31-21-13-8-5-9-14-21/h4,6-7,11-12,15-16,20-26,33H,3,5,8-10,13-14,17-18H2,1-2H3,(H,30,34)(H,31,35)/t20-,22-,23+,24-,25-,26+/m1/s1. The number of rotatable bonds is 9. The van der Waals surface area contributed by atoms with Crippen molar-refractivity contribution in [1.29, 1.82) is 0 Å². The number of carbonyl (C=O) groups is 3. The van der Waals surface area contributed by atoms with Gasteiger partial charge >= 0.3 is 0 Å². The maximum Gasteiger partial charge on any atom is 0.243 e. The summed E-state index contributed by atoms with van der Waals surface area (Å²) >= 11 is 0. The van der Waals surface area contributed by atoms with Gasteiger partial charge in [-0.05, 0) is 37.2 Å². The van der Waals surface area contributed by atoms with E-state index in [4.69, 9.17) is 0 Å². The average molecular weight is 496 g/mol. The maximum atomic E-state index is 14.1. The summed E-state index contributed by atoms with van der Waals surface area (Å²) in [5.41, 5.74) is 0.993. The van der Waals surface area contributed by atoms with Crippen LogP contribution in [0.2, 0.25) is 0 Å². The number of hydrogen-bond donors (Lipinski definition) is 3. The highest BCUT2D eigenvalue weighted by atomic mass is 16.3. The van der Waals surface area contributed by atoms with E-state index in [1.165, 1.54) is 6.42 Å². The van der Waals surface area contributed by atoms with Gasteiger partial charge in [0.25, 0.3) is 0 Å². The van der Waals surface area contributed by atoms with Gasteiger partial charge in [-0.25, -0.2) is 0 Å². The van der Waals surface area contributed by atoms with Crippen LogP contribution in [-0.4, -0.2) is 59.5 Å². The van der Waals surface area contributed by atoms with Crippen molar-refractivity contribution in [3.8, 4) is 0 Å². The van der Waals surface area contributed by atoms with E-state index in [2.05, 4.69) is 17.6 Å². The van der Waals surface area contributed by atoms with Gasteiger partial charge in [0.2, 0.25) is 17.7 Å². The summed E-state index contributed by atoms with van der Waals surface area (Å²) in [5.74, 6) is -2.11. The fourth-order valence-electron chi connectivity index (χ4n) is 6.64. The molecule has 3 N–H and O–H groups in total. The zero-order valence-corrected chi connectivity index (χ0v) is 21.6. The van der Waals surface area contributed by atoms with Crippen LogP contribution in [0.4, 0.5) is 0 Å². The predicted molar refractivity (Wildman–Crippen MR) is 139 cm³/mol. The summed E-state index contributed by atoms with van der Waals surface area (Å²) in [6, 6.07) is 8.56. The molecule has 6 atom stereocenters. The minimum Gasteiger partial charge on any atom is -0.394 e. The van der Waals surface area contributed by atoms with Gasteiger partial charge in [0.05, 0.1) is 24.5 Å². The zero-order chi connectivity index (χ0) is 25.7. The van der Waals surface area contributed by atoms with Gasteiger partial charge in [-0.15, -0.1) is 0 Å². The van der Waals surface area contributed by atoms with Crippen molar-refractivity contribution in [2.75, 3.05) is 13.7 Å². The molecule has 3 amide bonds. The average Bonchev–Trinajstić information content (AvgIpc) is 3.20. The second kappa shape index (κ2) is 12.0. The molecule has 1 saturated heterocycles. The molecule has 0 unspecified atom stereocenters. The van der Waals surface area contributed by atoms with Gasteiger partial charge in [-0.3, -0.25) is 14.4 Å². The lowest BCUT2D eigenvalue weighted by molar-refractivity contribution is -0.143. The molecule has 1 aliphatic heterocycles. The lowest BCUT2D eigenvalue weighted by atomic mass is 9.68. The molecule has 0 radical (unpaired) electrons. The Hall–Kier alpha value is -2.67. The normalized spacial score (nSPS) is 29.0. The third-order valence-electron chi connectivity index (χ3n) is 8.36. The molecule has 0 bridgehead atoms. The van der Waals surface area contributed by atoms with Gasteiger partial charge < -0.3 is 20.6 Å². The highest BCUT2D eigenvalue weighted by Gasteiger charge is 2.58. The van der Waals surface area contributed by atoms with Crippen LogP contribution < -0.4 is 10.6 Å². The van der Waals surface area contributed by atoms with Crippen LogP contribution >= 0.6 is 0 Å². The largest absolute Gasteiger partial charge is 0.394 e. The van der Waals surface area contributed by atoms with Gasteiger partial charge in [0, 0.05) is 19.0 Å². The fourth-order valence-corrected chi connectivity index (χ4v) is 6.64. The minimum absolute atomic E-state index is 0.0520. The third-order valence-corrected chi connectivity index (χ3v) is 8.36. The van der Waals surface area contributed by atoms with Crippen molar-refractivity contribution in [2.45, 2.75) is 76.4 Å². The second-order valence-electron chi connectivity index (χ2n) is 10.6. The molecule has 1 heterocycles. The molecular formula is C29H41N3O4. The number of nitrogens with one attached hydrogen (secondary N) is 2. The second-order valence-corrected chi connectivity index (χ2v) is 10.6. The van der Waals surface area contributed by atoms with Crippen molar-refractivity contribution in [1.82, 2.24) is 15.5 Å². The van der Waals surface area contributed by atoms with E-state index in [-0.39, 0.29) is 36.3 Å². The number of likely N-dealkylation sites (tertiary alicyclic amines) is 1. The molecule has 0 spiro atoms. The number of fused-ring (bicyclic) bond motifs is 1. The molecule has 36 heavy (non-hydrogen) atoms. The molecule has 7 nitrogen and oxygen atoms in total. The van der Waals surface area contributed by atoms with E-state index >= 15 is 0 Å². The molecule has 1 aromatic rings. The predicted octanol–water partition coefficient (Wildman–Crippen LogP) is 2.83. The molecule has 4 rings (SSSR count). The Morgan fingerprint density at radius 3 is 2.44 bits per heavy atom. The molecule has 1 saturated carbocycles. The lowest BCUT2D eigenvalue weighted by Gasteiger charge is -2.35. The monoisotopic (exact) mass is 495 g/mol. The summed E-state index contributed by atoms with van der Waals surface area (Å²) in [7, 11) is 1.61. The van der Waals surface area contributed by atoms with Gasteiger partial charge in [0.15, 0.2) is 0 Å². The van der Waals surface area contributed by atoms with Crippen LogP contribution in [0.25, 0.3) is 0 Å². The van der Waals surface area contributed by atoms with E-state index < -0.39 is 29.8 Å². The highest BCUT2D eigenvalue weighted by Crippen LogP contribution is 2.46. The van der Waals surface area contributed by atoms with Gasteiger partial charge in [-0.2, -0.15) is 0 Å². The number of allylic oxidation sites excluding steroid dienone is 1. The Labute approximate surface area is 214 Å². The first kappa shape index (κ1) is 26.4. The van der Waals surface area contributed by atoms with E-state index in [9.17, 15) is 19.5 Å². The Balaban J connectivity index is 1.70. The van der Waals surface area contributed by atoms with Crippen LogP contribution in [0.3, 0.4) is 0 Å². The molecule has 0 aromatic heterocycles. The topological polar surface area (TPSA) is 98.7 Å². The molecule has 2 fully saturated rings. The van der Waals surface area contributed by atoms with E-state index in [0.717, 1.165) is 44.1 Å². The number of aliphatic hydroxyl groups excluding tert-OH is 1. The molecular weight excluding hydrogens is 454 g/mol. The number of amides is 3. The Kier molecular flexibility index (Phi) is 8.83. The van der Waals surface area contributed by atoms with E-state index in [0.29, 0.717) is 6.42 Å². The summed E-state index contributed by atoms with van der Waals surface area (Å²) < 4.78 is 0. The summed E-state index contributed by atoms with van der Waals surface area (Å²) in [6.07, 6.45) is 11.5. The highest BCUT2D eigenvalue weighted by molar-refractivity contribution is 5.97. The third kappa shape index (κ3) is 5.36. The van der Waals surface area contributed by atoms with Crippen molar-refractivity contribution in [3.05, 3.63) is 48.0 Å². The SMILES string of the molecule is CCC[C@@H]1C=C[C@H]2[C@@H](C(=O)N([C@@H](CO)Cc3ccccc3)[C@@H]2C(=O)NC2CCCCC2)[C@@H]1C(=O)NC. The van der Waals surface area contributed by atoms with Gasteiger partial charge in [0.1, 0.15) is 6.04 Å². The van der Waals surface area contributed by atoms with E-state index in [1.807, 2.05) is 42.5 Å². The zero-order valence-electron chi connectivity index (χ0n) is 21.6. The van der Waals surface area contributed by atoms with Crippen LogP contribution in [0.15, 0.2) is 42.5 Å². The van der Waals surface area contributed by atoms with Crippen LogP contribution in [0.1, 0.15) is 57.4 Å². The Morgan fingerprint density at radius 1 is 1.08 bits per heavy atom. The van der Waals surface area contributed by atoms with Crippen molar-refractivity contribution >= 4 is 17.7 Å². The first-order valence-corrected chi connectivity index (χ1v) is 13.7. The number of hydrogen-bond acceptors (Lipinski definition) is 4. The summed E-state index contributed by atoms with van der Waals surface area (Å²) in [4.78, 5) is 42.7. The fraction of sp³-hybridized carbons (Fsp3) is 0.621. The van der Waals surface area contributed by atoms with Crippen molar-refractivity contribution in [2.24, 2.45) is 23.7 Å². The van der Waals surface area contributed by atoms with Gasteiger partial charge in [-0.1, -0.05) is 75.1 Å². The number of benzene rings is 1. The maximum absolute atomic E-state index is 14.1. The van der Waals surface area contributed by atoms with Crippen LogP contribution in [0, 0.1) is 23.7 Å². The Bertz CT molecular complexity index is 943. The molecule has 7 heteroatoms. The first-order chi connectivity index (χ1) is 17.5. The molecule has 196 valence electrons. The van der Waals surface area contributed by atoms with Crippen molar-refractivity contribution in [3.63, 3.8) is 0 Å². The number of nitrogens with zero attached hydrogens (tertiary/aromatic N) is 1. The van der Waals surface area contributed by atoms with Crippen LogP contribution in [-0.2, 0) is 20.8 Å². The number of carbonyl (C=O) groups excluding carboxylic acids is 3. The summed E-state index contributed by atoms with van der Waals surface area (Å²) in [6.45, 7) is 1.83. The minimum atomic E-state index is -0.740. The lowest BCUT2D eigenvalue weighted by Crippen LogP contribution is -2.54. The molecule has 2 aliphatic carbocycles. The quantitative estimate of drug-likeness (QED) is 0.459. The smallest absolute Gasteiger partial charge is 0.243 e. The van der Waals surface area contributed by atoms with E-state index in [1.54, 1.807) is 11.9 Å². The first-order valence-electron chi connectivity index (χ1n) is 13.7. The number of aliphatic hydroxyl groups is 1. The van der Waals surface area contributed by atoms with Crippen LogP contribution in [0.5, 0.6) is 0 Å². The van der Waals surface area contributed by atoms with Crippen molar-refractivity contribution < 1.29 is 19.5 Å². The molecule has 1 aromatic carbocycles. The summed E-state index contributed by atoms with van der Waals surface area (Å²) in [5, 5.41) is 16.5.